The van der Waals surface area contributed by atoms with Gasteiger partial charge < -0.3 is 15.3 Å². The molecule has 0 bridgehead atoms. The van der Waals surface area contributed by atoms with Gasteiger partial charge in [0.15, 0.2) is 0 Å². The number of aromatic hydroxyl groups is 1. The summed E-state index contributed by atoms with van der Waals surface area (Å²) in [4.78, 5) is 10.9. The molecular formula is C10H11NO4. The number of nitrogens with one attached hydrogen (secondary N) is 1. The van der Waals surface area contributed by atoms with Gasteiger partial charge in [-0.3, -0.25) is 10.1 Å². The van der Waals surface area contributed by atoms with Crippen LogP contribution in [0.5, 0.6) is 5.75 Å². The van der Waals surface area contributed by atoms with E-state index in [0.29, 0.717) is 11.1 Å². The molecule has 1 aromatic carbocycles. The van der Waals surface area contributed by atoms with E-state index in [0.717, 1.165) is 0 Å². The second-order valence-electron chi connectivity index (χ2n) is 3.51. The smallest absolute Gasteiger partial charge is 0.325 e. The van der Waals surface area contributed by atoms with E-state index in [2.05, 4.69) is 5.32 Å². The summed E-state index contributed by atoms with van der Waals surface area (Å²) < 4.78 is 0. The molecule has 2 unspecified atom stereocenters. The Morgan fingerprint density at radius 3 is 2.80 bits per heavy atom. The second kappa shape index (κ2) is 3.52. The van der Waals surface area contributed by atoms with Crippen molar-refractivity contribution in [2.45, 2.75) is 12.1 Å². The van der Waals surface area contributed by atoms with Crippen LogP contribution in [-0.2, 0) is 4.79 Å². The van der Waals surface area contributed by atoms with Crippen LogP contribution in [0.1, 0.15) is 23.3 Å². The van der Waals surface area contributed by atoms with Crippen LogP contribution in [-0.4, -0.2) is 27.8 Å². The average molecular weight is 209 g/mol. The molecule has 0 fully saturated rings. The Labute approximate surface area is 86.0 Å². The highest BCUT2D eigenvalue weighted by molar-refractivity contribution is 5.76. The minimum atomic E-state index is -0.992. The number of hydrogen-bond acceptors (Lipinski definition) is 4. The van der Waals surface area contributed by atoms with Crippen molar-refractivity contribution in [3.63, 3.8) is 0 Å². The first-order chi connectivity index (χ1) is 7.09. The fourth-order valence-electron chi connectivity index (χ4n) is 1.78. The van der Waals surface area contributed by atoms with Crippen LogP contribution in [0.25, 0.3) is 0 Å². The van der Waals surface area contributed by atoms with E-state index in [1.54, 1.807) is 0 Å². The number of carboxylic acid groups (broad SMARTS) is 1. The first kappa shape index (κ1) is 9.95. The van der Waals surface area contributed by atoms with Crippen molar-refractivity contribution in [2.24, 2.45) is 0 Å². The number of aliphatic hydroxyl groups is 1. The molecule has 0 radical (unpaired) electrons. The van der Waals surface area contributed by atoms with E-state index in [1.807, 2.05) is 0 Å². The van der Waals surface area contributed by atoms with Gasteiger partial charge in [0.1, 0.15) is 11.8 Å². The van der Waals surface area contributed by atoms with Gasteiger partial charge in [-0.1, -0.05) is 6.07 Å². The molecule has 1 aliphatic heterocycles. The average Bonchev–Trinajstić information content (AvgIpc) is 2.19. The molecule has 1 aromatic rings. The molecule has 0 aromatic heterocycles. The lowest BCUT2D eigenvalue weighted by atomic mass is 9.92. The van der Waals surface area contributed by atoms with Crippen molar-refractivity contribution in [1.29, 1.82) is 0 Å². The summed E-state index contributed by atoms with van der Waals surface area (Å²) in [5, 5.41) is 30.5. The predicted octanol–water partition coefficient (Wildman–Crippen LogP) is 0.154. The molecular weight excluding hydrogens is 198 g/mol. The van der Waals surface area contributed by atoms with E-state index in [9.17, 15) is 15.0 Å². The van der Waals surface area contributed by atoms with E-state index in [1.165, 1.54) is 18.2 Å². The third kappa shape index (κ3) is 1.67. The first-order valence-electron chi connectivity index (χ1n) is 4.56. The van der Waals surface area contributed by atoms with Gasteiger partial charge in [-0.05, 0) is 23.3 Å². The maximum Gasteiger partial charge on any atom is 0.325 e. The quantitative estimate of drug-likeness (QED) is 0.529. The molecule has 4 N–H and O–H groups in total. The molecule has 5 nitrogen and oxygen atoms in total. The van der Waals surface area contributed by atoms with Crippen LogP contribution < -0.4 is 5.32 Å². The fourth-order valence-corrected chi connectivity index (χ4v) is 1.78. The van der Waals surface area contributed by atoms with Gasteiger partial charge in [0, 0.05) is 6.54 Å². The van der Waals surface area contributed by atoms with Crippen LogP contribution in [0.3, 0.4) is 0 Å². The molecule has 0 saturated carbocycles. The monoisotopic (exact) mass is 209 g/mol. The zero-order chi connectivity index (χ0) is 11.0. The van der Waals surface area contributed by atoms with Crippen LogP contribution >= 0.6 is 0 Å². The number of rotatable bonds is 1. The Hall–Kier alpha value is -1.59. The summed E-state index contributed by atoms with van der Waals surface area (Å²) in [6.45, 7) is 0.174. The SMILES string of the molecule is O=C(O)C1NCC(O)c2cc(O)ccc21. The van der Waals surface area contributed by atoms with Crippen molar-refractivity contribution in [1.82, 2.24) is 5.32 Å². The molecule has 0 aliphatic carbocycles. The number of phenols is 1. The minimum Gasteiger partial charge on any atom is -0.508 e. The molecule has 0 amide bonds. The number of fused-ring (bicyclic) bond motifs is 1. The molecule has 1 aliphatic rings. The number of carboxylic acids is 1. The molecule has 0 spiro atoms. The Balaban J connectivity index is 2.50. The van der Waals surface area contributed by atoms with Gasteiger partial charge in [0.05, 0.1) is 6.10 Å². The lowest BCUT2D eigenvalue weighted by molar-refractivity contribution is -0.140. The third-order valence-electron chi connectivity index (χ3n) is 2.50. The minimum absolute atomic E-state index is 0.0267. The number of aliphatic carboxylic acids is 1. The van der Waals surface area contributed by atoms with Gasteiger partial charge in [-0.25, -0.2) is 0 Å². The normalized spacial score (nSPS) is 24.6. The van der Waals surface area contributed by atoms with Gasteiger partial charge in [0.2, 0.25) is 0 Å². The summed E-state index contributed by atoms with van der Waals surface area (Å²) in [7, 11) is 0. The van der Waals surface area contributed by atoms with E-state index >= 15 is 0 Å². The number of benzene rings is 1. The molecule has 2 rings (SSSR count). The zero-order valence-corrected chi connectivity index (χ0v) is 7.84. The van der Waals surface area contributed by atoms with E-state index < -0.39 is 18.1 Å². The summed E-state index contributed by atoms with van der Waals surface area (Å²) >= 11 is 0. The van der Waals surface area contributed by atoms with Crippen LogP contribution in [0.15, 0.2) is 18.2 Å². The highest BCUT2D eigenvalue weighted by Gasteiger charge is 2.30. The van der Waals surface area contributed by atoms with Crippen LogP contribution in [0.4, 0.5) is 0 Å². The van der Waals surface area contributed by atoms with Gasteiger partial charge in [0.25, 0.3) is 0 Å². The standard InChI is InChI=1S/C10H11NO4/c12-5-1-2-6-7(3-5)8(13)4-11-9(6)10(14)15/h1-3,8-9,11-13H,4H2,(H,14,15). The zero-order valence-electron chi connectivity index (χ0n) is 7.84. The molecule has 1 heterocycles. The highest BCUT2D eigenvalue weighted by Crippen LogP contribution is 2.31. The first-order valence-corrected chi connectivity index (χ1v) is 4.56. The predicted molar refractivity (Wildman–Crippen MR) is 51.4 cm³/mol. The molecule has 80 valence electrons. The van der Waals surface area contributed by atoms with Crippen molar-refractivity contribution >= 4 is 5.97 Å². The van der Waals surface area contributed by atoms with Crippen molar-refractivity contribution < 1.29 is 20.1 Å². The van der Waals surface area contributed by atoms with E-state index in [-0.39, 0.29) is 12.3 Å². The maximum atomic E-state index is 10.9. The van der Waals surface area contributed by atoms with Crippen molar-refractivity contribution in [3.05, 3.63) is 29.3 Å². The van der Waals surface area contributed by atoms with Gasteiger partial charge >= 0.3 is 5.97 Å². The maximum absolute atomic E-state index is 10.9. The summed E-state index contributed by atoms with van der Waals surface area (Å²) in [6, 6.07) is 3.51. The highest BCUT2D eigenvalue weighted by atomic mass is 16.4. The van der Waals surface area contributed by atoms with Crippen LogP contribution in [0.2, 0.25) is 0 Å². The Kier molecular flexibility index (Phi) is 2.34. The summed E-state index contributed by atoms with van der Waals surface area (Å²) in [6.07, 6.45) is -0.775. The molecule has 5 heteroatoms. The van der Waals surface area contributed by atoms with E-state index in [4.69, 9.17) is 5.11 Å². The fraction of sp³-hybridized carbons (Fsp3) is 0.300. The van der Waals surface area contributed by atoms with Crippen molar-refractivity contribution in [2.75, 3.05) is 6.54 Å². The number of β-amino-alcohol motifs (C(OH)–C–C–N with tert-alkyl or cyclic N) is 1. The second-order valence-corrected chi connectivity index (χ2v) is 3.51. The Morgan fingerprint density at radius 2 is 2.13 bits per heavy atom. The molecule has 2 atom stereocenters. The lowest BCUT2D eigenvalue weighted by Gasteiger charge is -2.27. The number of hydrogen-bond donors (Lipinski definition) is 4. The molecule has 15 heavy (non-hydrogen) atoms. The van der Waals surface area contributed by atoms with Crippen molar-refractivity contribution in [3.8, 4) is 5.75 Å². The summed E-state index contributed by atoms with van der Waals surface area (Å²) in [5.41, 5.74) is 0.972. The molecule has 0 saturated heterocycles. The number of phenolic OH excluding ortho intramolecular Hbond substituents is 1. The number of aliphatic hydroxyl groups excluding tert-OH is 1. The topological polar surface area (TPSA) is 89.8 Å². The summed E-state index contributed by atoms with van der Waals surface area (Å²) in [5.74, 6) is -0.965. The number of carbonyl (C=O) groups is 1. The van der Waals surface area contributed by atoms with Crippen LogP contribution in [0, 0.1) is 0 Å². The third-order valence-corrected chi connectivity index (χ3v) is 2.50. The Bertz CT molecular complexity index is 404. The van der Waals surface area contributed by atoms with Gasteiger partial charge in [-0.15, -0.1) is 0 Å². The Morgan fingerprint density at radius 1 is 1.40 bits per heavy atom. The largest absolute Gasteiger partial charge is 0.508 e. The lowest BCUT2D eigenvalue weighted by Crippen LogP contribution is -2.37. The van der Waals surface area contributed by atoms with Gasteiger partial charge in [-0.2, -0.15) is 0 Å².